The van der Waals surface area contributed by atoms with Crippen LogP contribution in [0.25, 0.3) is 0 Å². The number of carbonyl (C=O) groups is 2. The molecule has 6 heteroatoms. The lowest BCUT2D eigenvalue weighted by molar-refractivity contribution is -0.142. The maximum absolute atomic E-state index is 12.0. The van der Waals surface area contributed by atoms with Crippen LogP contribution in [0, 0.1) is 0 Å². The predicted octanol–water partition coefficient (Wildman–Crippen LogP) is 1.68. The largest absolute Gasteiger partial charge is 0.491 e. The Balaban J connectivity index is 1.71. The number of carbonyl (C=O) groups excluding carboxylic acids is 1. The number of rotatable bonds is 8. The van der Waals surface area contributed by atoms with E-state index in [-0.39, 0.29) is 18.6 Å². The third-order valence-electron chi connectivity index (χ3n) is 4.03. The molecule has 0 bridgehead atoms. The number of nitrogens with zero attached hydrogens (tertiary/aromatic N) is 1. The highest BCUT2D eigenvalue weighted by Gasteiger charge is 2.31. The third-order valence-corrected chi connectivity index (χ3v) is 4.03. The van der Waals surface area contributed by atoms with Crippen LogP contribution in [-0.4, -0.2) is 53.7 Å². The van der Waals surface area contributed by atoms with E-state index in [1.807, 2.05) is 38.1 Å². The van der Waals surface area contributed by atoms with E-state index in [9.17, 15) is 9.59 Å². The molecule has 0 aromatic heterocycles. The molecule has 132 valence electrons. The lowest BCUT2D eigenvalue weighted by Crippen LogP contribution is -2.43. The van der Waals surface area contributed by atoms with E-state index in [2.05, 4.69) is 5.32 Å². The first-order chi connectivity index (χ1) is 11.5. The maximum Gasteiger partial charge on any atom is 0.320 e. The van der Waals surface area contributed by atoms with Crippen molar-refractivity contribution in [1.29, 1.82) is 0 Å². The van der Waals surface area contributed by atoms with Crippen LogP contribution in [-0.2, 0) is 16.0 Å². The number of benzene rings is 1. The van der Waals surface area contributed by atoms with E-state index in [0.717, 1.165) is 24.2 Å². The van der Waals surface area contributed by atoms with Gasteiger partial charge >= 0.3 is 5.97 Å². The first kappa shape index (κ1) is 18.3. The van der Waals surface area contributed by atoms with Crippen LogP contribution < -0.4 is 10.1 Å². The second-order valence-electron chi connectivity index (χ2n) is 6.38. The fourth-order valence-corrected chi connectivity index (χ4v) is 2.89. The van der Waals surface area contributed by atoms with Gasteiger partial charge in [-0.05, 0) is 57.4 Å². The number of carboxylic acids is 1. The van der Waals surface area contributed by atoms with E-state index < -0.39 is 12.0 Å². The minimum Gasteiger partial charge on any atom is -0.491 e. The average Bonchev–Trinajstić information content (AvgIpc) is 2.97. The monoisotopic (exact) mass is 334 g/mol. The molecule has 1 saturated heterocycles. The zero-order chi connectivity index (χ0) is 17.5. The molecule has 6 nitrogen and oxygen atoms in total. The molecule has 0 saturated carbocycles. The van der Waals surface area contributed by atoms with E-state index in [1.54, 1.807) is 4.90 Å². The molecule has 2 N–H and O–H groups in total. The van der Waals surface area contributed by atoms with Crippen molar-refractivity contribution in [2.45, 2.75) is 45.3 Å². The van der Waals surface area contributed by atoms with Crippen LogP contribution in [0.5, 0.6) is 5.75 Å². The number of ether oxygens (including phenoxy) is 1. The van der Waals surface area contributed by atoms with Gasteiger partial charge < -0.3 is 15.2 Å². The van der Waals surface area contributed by atoms with Crippen LogP contribution in [0.4, 0.5) is 0 Å². The van der Waals surface area contributed by atoms with Gasteiger partial charge in [0.05, 0.1) is 12.6 Å². The molecule has 2 rings (SSSR count). The summed E-state index contributed by atoms with van der Waals surface area (Å²) in [5.41, 5.74) is 1.12. The van der Waals surface area contributed by atoms with Gasteiger partial charge in [-0.15, -0.1) is 0 Å². The molecule has 1 fully saturated rings. The molecule has 1 amide bonds. The smallest absolute Gasteiger partial charge is 0.320 e. The van der Waals surface area contributed by atoms with Gasteiger partial charge in [0, 0.05) is 6.54 Å². The quantitative estimate of drug-likeness (QED) is 0.756. The fraction of sp³-hybridized carbons (Fsp3) is 0.556. The molecule has 1 atom stereocenters. The Morgan fingerprint density at radius 2 is 2.04 bits per heavy atom. The van der Waals surface area contributed by atoms with Crippen molar-refractivity contribution >= 4 is 11.9 Å². The molecule has 24 heavy (non-hydrogen) atoms. The molecule has 1 aromatic rings. The zero-order valence-electron chi connectivity index (χ0n) is 14.3. The minimum atomic E-state index is -0.844. The highest BCUT2D eigenvalue weighted by Crippen LogP contribution is 2.16. The van der Waals surface area contributed by atoms with Gasteiger partial charge in [0.25, 0.3) is 0 Å². The second-order valence-corrected chi connectivity index (χ2v) is 6.38. The van der Waals surface area contributed by atoms with E-state index in [0.29, 0.717) is 19.5 Å². The van der Waals surface area contributed by atoms with Crippen molar-refractivity contribution in [3.05, 3.63) is 29.8 Å². The summed E-state index contributed by atoms with van der Waals surface area (Å²) in [7, 11) is 0. The normalized spacial score (nSPS) is 17.9. The van der Waals surface area contributed by atoms with Crippen molar-refractivity contribution in [1.82, 2.24) is 10.2 Å². The van der Waals surface area contributed by atoms with Crippen molar-refractivity contribution < 1.29 is 19.4 Å². The lowest BCUT2D eigenvalue weighted by atomic mass is 10.1. The number of amides is 1. The van der Waals surface area contributed by atoms with Crippen molar-refractivity contribution in [2.75, 3.05) is 19.6 Å². The summed E-state index contributed by atoms with van der Waals surface area (Å²) >= 11 is 0. The molecule has 1 heterocycles. The number of likely N-dealkylation sites (tertiary alicyclic amines) is 1. The molecule has 0 radical (unpaired) electrons. The van der Waals surface area contributed by atoms with Gasteiger partial charge in [0.2, 0.25) is 5.91 Å². The first-order valence-corrected chi connectivity index (χ1v) is 8.45. The average molecular weight is 334 g/mol. The van der Waals surface area contributed by atoms with Gasteiger partial charge in [-0.25, -0.2) is 0 Å². The summed E-state index contributed by atoms with van der Waals surface area (Å²) < 4.78 is 5.59. The third kappa shape index (κ3) is 5.53. The summed E-state index contributed by atoms with van der Waals surface area (Å²) in [5, 5.41) is 12.0. The van der Waals surface area contributed by atoms with Crippen molar-refractivity contribution in [3.63, 3.8) is 0 Å². The Bertz CT molecular complexity index is 557. The van der Waals surface area contributed by atoms with Gasteiger partial charge in [-0.3, -0.25) is 14.5 Å². The topological polar surface area (TPSA) is 78.9 Å². The van der Waals surface area contributed by atoms with Crippen molar-refractivity contribution in [3.8, 4) is 5.75 Å². The molecule has 0 spiro atoms. The molecule has 1 aliphatic rings. The minimum absolute atomic E-state index is 0.122. The van der Waals surface area contributed by atoms with Gasteiger partial charge in [-0.1, -0.05) is 12.1 Å². The summed E-state index contributed by atoms with van der Waals surface area (Å²) in [6.07, 6.45) is 2.33. The summed E-state index contributed by atoms with van der Waals surface area (Å²) in [4.78, 5) is 24.8. The fourth-order valence-electron chi connectivity index (χ4n) is 2.89. The Kier molecular flexibility index (Phi) is 6.61. The Morgan fingerprint density at radius 3 is 2.67 bits per heavy atom. The highest BCUT2D eigenvalue weighted by atomic mass is 16.5. The van der Waals surface area contributed by atoms with Gasteiger partial charge in [-0.2, -0.15) is 0 Å². The number of hydrogen-bond acceptors (Lipinski definition) is 4. The molecule has 1 aromatic carbocycles. The Hall–Kier alpha value is -2.08. The summed E-state index contributed by atoms with van der Waals surface area (Å²) in [6.45, 7) is 5.33. The summed E-state index contributed by atoms with van der Waals surface area (Å²) in [6, 6.07) is 7.32. The van der Waals surface area contributed by atoms with E-state index in [1.165, 1.54) is 0 Å². The van der Waals surface area contributed by atoms with Gasteiger partial charge in [0.1, 0.15) is 11.8 Å². The van der Waals surface area contributed by atoms with Crippen molar-refractivity contribution in [2.24, 2.45) is 0 Å². The number of nitrogens with one attached hydrogen (secondary N) is 1. The predicted molar refractivity (Wildman–Crippen MR) is 91.2 cm³/mol. The molecular weight excluding hydrogens is 308 g/mol. The lowest BCUT2D eigenvalue weighted by Gasteiger charge is -2.20. The molecule has 1 aliphatic heterocycles. The van der Waals surface area contributed by atoms with Gasteiger partial charge in [0.15, 0.2) is 0 Å². The van der Waals surface area contributed by atoms with Crippen LogP contribution in [0.15, 0.2) is 24.3 Å². The van der Waals surface area contributed by atoms with E-state index >= 15 is 0 Å². The molecular formula is C18H26N2O4. The number of carboxylic acid groups (broad SMARTS) is 1. The Morgan fingerprint density at radius 1 is 1.33 bits per heavy atom. The highest BCUT2D eigenvalue weighted by molar-refractivity contribution is 5.80. The number of hydrogen-bond donors (Lipinski definition) is 2. The number of aliphatic carboxylic acids is 1. The van der Waals surface area contributed by atoms with Crippen LogP contribution in [0.3, 0.4) is 0 Å². The van der Waals surface area contributed by atoms with Crippen LogP contribution >= 0.6 is 0 Å². The van der Waals surface area contributed by atoms with Crippen LogP contribution in [0.2, 0.25) is 0 Å². The second kappa shape index (κ2) is 8.68. The molecule has 0 aliphatic carbocycles. The molecule has 0 unspecified atom stereocenters. The standard InChI is InChI=1S/C18H26N2O4/c1-13(2)24-15-7-5-14(6-8-15)9-10-19-17(21)12-20-11-3-4-16(20)18(22)23/h5-8,13,16H,3-4,9-12H2,1-2H3,(H,19,21)(H,22,23)/t16-/m0/s1. The Labute approximate surface area is 142 Å². The first-order valence-electron chi connectivity index (χ1n) is 8.45. The SMILES string of the molecule is CC(C)Oc1ccc(CCNC(=O)CN2CCC[C@H]2C(=O)O)cc1. The maximum atomic E-state index is 12.0. The summed E-state index contributed by atoms with van der Waals surface area (Å²) in [5.74, 6) is -0.126. The van der Waals surface area contributed by atoms with Crippen LogP contribution in [0.1, 0.15) is 32.3 Å². The zero-order valence-corrected chi connectivity index (χ0v) is 14.3. The van der Waals surface area contributed by atoms with E-state index in [4.69, 9.17) is 9.84 Å².